The summed E-state index contributed by atoms with van der Waals surface area (Å²) in [4.78, 5) is 21.9. The normalized spacial score (nSPS) is 14.8. The lowest BCUT2D eigenvalue weighted by molar-refractivity contribution is 0.153. The van der Waals surface area contributed by atoms with E-state index in [1.165, 1.54) is 12.1 Å². The number of hydrogen-bond acceptors (Lipinski definition) is 3. The number of nitrogens with zero attached hydrogens (tertiary/aromatic N) is 2. The summed E-state index contributed by atoms with van der Waals surface area (Å²) >= 11 is 0. The number of H-pyrrole nitrogens is 1. The third-order valence-electron chi connectivity index (χ3n) is 5.30. The zero-order chi connectivity index (χ0) is 20.2. The van der Waals surface area contributed by atoms with Gasteiger partial charge in [0, 0.05) is 24.2 Å². The van der Waals surface area contributed by atoms with Crippen molar-refractivity contribution >= 4 is 17.1 Å². The Kier molecular flexibility index (Phi) is 5.71. The van der Waals surface area contributed by atoms with E-state index < -0.39 is 11.6 Å². The average molecular weight is 399 g/mol. The van der Waals surface area contributed by atoms with Gasteiger partial charge in [0.2, 0.25) is 0 Å². The molecule has 29 heavy (non-hydrogen) atoms. The molecule has 6 nitrogen and oxygen atoms in total. The van der Waals surface area contributed by atoms with Crippen LogP contribution in [0.15, 0.2) is 42.7 Å². The fourth-order valence-corrected chi connectivity index (χ4v) is 3.69. The predicted molar refractivity (Wildman–Crippen MR) is 106 cm³/mol. The number of fused-ring (bicyclic) bond motifs is 1. The molecule has 2 aromatic carbocycles. The number of aromatic nitrogens is 2. The third-order valence-corrected chi connectivity index (χ3v) is 5.30. The third kappa shape index (κ3) is 4.54. The quantitative estimate of drug-likeness (QED) is 0.616. The van der Waals surface area contributed by atoms with Crippen LogP contribution in [0.3, 0.4) is 0 Å². The minimum Gasteiger partial charge on any atom is -0.345 e. The number of amides is 2. The van der Waals surface area contributed by atoms with E-state index in [9.17, 15) is 13.6 Å². The summed E-state index contributed by atoms with van der Waals surface area (Å²) in [6, 6.07) is 8.97. The smallest absolute Gasteiger partial charge is 0.318 e. The van der Waals surface area contributed by atoms with Crippen LogP contribution in [-0.4, -0.2) is 40.0 Å². The molecular weight excluding hydrogens is 376 g/mol. The lowest BCUT2D eigenvalue weighted by Gasteiger charge is -2.35. The standard InChI is InChI=1S/C21H23F2N5O/c22-16-3-2-15(18(23)10-16)12-28(17-5-7-24-8-6-17)21(29)25-11-14-1-4-19-20(9-14)27-13-26-19/h1-4,9-10,13,17,24H,5-8,11-12H2,(H,25,29)(H,26,27). The monoisotopic (exact) mass is 399 g/mol. The van der Waals surface area contributed by atoms with Crippen LogP contribution < -0.4 is 10.6 Å². The molecule has 8 heteroatoms. The Bertz CT molecular complexity index is 1000. The van der Waals surface area contributed by atoms with Gasteiger partial charge in [-0.3, -0.25) is 0 Å². The predicted octanol–water partition coefficient (Wildman–Crippen LogP) is 3.30. The van der Waals surface area contributed by atoms with Gasteiger partial charge in [-0.25, -0.2) is 18.6 Å². The fraction of sp³-hybridized carbons (Fsp3) is 0.333. The summed E-state index contributed by atoms with van der Waals surface area (Å²) in [6.07, 6.45) is 3.20. The van der Waals surface area contributed by atoms with Crippen molar-refractivity contribution in [3.05, 3.63) is 65.5 Å². The Labute approximate surface area is 167 Å². The van der Waals surface area contributed by atoms with Gasteiger partial charge in [-0.1, -0.05) is 12.1 Å². The van der Waals surface area contributed by atoms with Gasteiger partial charge < -0.3 is 20.5 Å². The summed E-state index contributed by atoms with van der Waals surface area (Å²) in [6.45, 7) is 2.04. The molecule has 4 rings (SSSR count). The number of carbonyl (C=O) groups is 1. The number of hydrogen-bond donors (Lipinski definition) is 3. The second kappa shape index (κ2) is 8.57. The van der Waals surface area contributed by atoms with Crippen molar-refractivity contribution in [3.8, 4) is 0 Å². The number of aromatic amines is 1. The van der Waals surface area contributed by atoms with Crippen molar-refractivity contribution in [3.63, 3.8) is 0 Å². The Morgan fingerprint density at radius 2 is 2.00 bits per heavy atom. The van der Waals surface area contributed by atoms with Gasteiger partial charge in [0.25, 0.3) is 0 Å². The maximum Gasteiger partial charge on any atom is 0.318 e. The van der Waals surface area contributed by atoms with Gasteiger partial charge in [-0.2, -0.15) is 0 Å². The van der Waals surface area contributed by atoms with Gasteiger partial charge >= 0.3 is 6.03 Å². The van der Waals surface area contributed by atoms with Crippen LogP contribution in [-0.2, 0) is 13.1 Å². The summed E-state index contributed by atoms with van der Waals surface area (Å²) < 4.78 is 27.4. The summed E-state index contributed by atoms with van der Waals surface area (Å²) in [5.41, 5.74) is 3.00. The number of rotatable bonds is 5. The summed E-state index contributed by atoms with van der Waals surface area (Å²) in [5.74, 6) is -1.27. The molecule has 1 aromatic heterocycles. The van der Waals surface area contributed by atoms with Crippen LogP contribution in [0.2, 0.25) is 0 Å². The van der Waals surface area contributed by atoms with Gasteiger partial charge in [0.05, 0.1) is 23.9 Å². The number of halogens is 2. The molecular formula is C21H23F2N5O. The first kappa shape index (κ1) is 19.3. The molecule has 0 unspecified atom stereocenters. The zero-order valence-electron chi connectivity index (χ0n) is 15.9. The Morgan fingerprint density at radius 3 is 2.79 bits per heavy atom. The highest BCUT2D eigenvalue weighted by Gasteiger charge is 2.26. The highest BCUT2D eigenvalue weighted by atomic mass is 19.1. The van der Waals surface area contributed by atoms with E-state index in [2.05, 4.69) is 20.6 Å². The second-order valence-electron chi connectivity index (χ2n) is 7.26. The van der Waals surface area contributed by atoms with E-state index in [0.29, 0.717) is 12.1 Å². The second-order valence-corrected chi connectivity index (χ2v) is 7.26. The molecule has 152 valence electrons. The van der Waals surface area contributed by atoms with E-state index in [4.69, 9.17) is 0 Å². The first-order valence-corrected chi connectivity index (χ1v) is 9.71. The first-order valence-electron chi connectivity index (χ1n) is 9.71. The SMILES string of the molecule is O=C(NCc1ccc2[nH]cnc2c1)N(Cc1ccc(F)cc1F)C1CCNCC1. The molecule has 0 saturated carbocycles. The molecule has 0 atom stereocenters. The molecule has 0 radical (unpaired) electrons. The van der Waals surface area contributed by atoms with Gasteiger partial charge in [-0.15, -0.1) is 0 Å². The molecule has 3 aromatic rings. The molecule has 2 amide bonds. The molecule has 1 fully saturated rings. The van der Waals surface area contributed by atoms with Crippen molar-refractivity contribution in [1.82, 2.24) is 25.5 Å². The van der Waals surface area contributed by atoms with Crippen molar-refractivity contribution in [1.29, 1.82) is 0 Å². The molecule has 0 bridgehead atoms. The highest BCUT2D eigenvalue weighted by molar-refractivity contribution is 5.76. The van der Waals surface area contributed by atoms with Crippen LogP contribution in [0.4, 0.5) is 13.6 Å². The Hall–Kier alpha value is -3.00. The maximum atomic E-state index is 14.2. The summed E-state index contributed by atoms with van der Waals surface area (Å²) in [7, 11) is 0. The Balaban J connectivity index is 1.48. The number of piperidine rings is 1. The van der Waals surface area contributed by atoms with Crippen molar-refractivity contribution in [2.24, 2.45) is 0 Å². The summed E-state index contributed by atoms with van der Waals surface area (Å²) in [5, 5.41) is 6.21. The molecule has 0 aliphatic carbocycles. The molecule has 1 aliphatic rings. The Morgan fingerprint density at radius 1 is 1.17 bits per heavy atom. The number of carbonyl (C=O) groups excluding carboxylic acids is 1. The van der Waals surface area contributed by atoms with Crippen LogP contribution in [0, 0.1) is 11.6 Å². The lowest BCUT2D eigenvalue weighted by Crippen LogP contribution is -2.49. The van der Waals surface area contributed by atoms with Crippen molar-refractivity contribution in [2.45, 2.75) is 32.0 Å². The molecule has 2 heterocycles. The minimum atomic E-state index is -0.638. The van der Waals surface area contributed by atoms with E-state index in [-0.39, 0.29) is 18.6 Å². The van der Waals surface area contributed by atoms with Crippen molar-refractivity contribution in [2.75, 3.05) is 13.1 Å². The van der Waals surface area contributed by atoms with E-state index in [0.717, 1.165) is 48.6 Å². The molecule has 1 aliphatic heterocycles. The first-order chi connectivity index (χ1) is 14.1. The topological polar surface area (TPSA) is 73.0 Å². The molecule has 1 saturated heterocycles. The molecule has 0 spiro atoms. The largest absolute Gasteiger partial charge is 0.345 e. The van der Waals surface area contributed by atoms with Crippen LogP contribution >= 0.6 is 0 Å². The van der Waals surface area contributed by atoms with Gasteiger partial charge in [-0.05, 0) is 49.7 Å². The van der Waals surface area contributed by atoms with Gasteiger partial charge in [0.1, 0.15) is 11.6 Å². The molecule has 3 N–H and O–H groups in total. The highest BCUT2D eigenvalue weighted by Crippen LogP contribution is 2.19. The van der Waals surface area contributed by atoms with Crippen molar-refractivity contribution < 1.29 is 13.6 Å². The average Bonchev–Trinajstić information content (AvgIpc) is 3.20. The number of benzene rings is 2. The number of nitrogens with one attached hydrogen (secondary N) is 3. The van der Waals surface area contributed by atoms with Crippen LogP contribution in [0.1, 0.15) is 24.0 Å². The van der Waals surface area contributed by atoms with E-state index >= 15 is 0 Å². The maximum absolute atomic E-state index is 14.2. The number of imidazole rings is 1. The van der Waals surface area contributed by atoms with Crippen LogP contribution in [0.25, 0.3) is 11.0 Å². The zero-order valence-corrected chi connectivity index (χ0v) is 15.9. The minimum absolute atomic E-state index is 0.00507. The van der Waals surface area contributed by atoms with E-state index in [1.807, 2.05) is 18.2 Å². The lowest BCUT2D eigenvalue weighted by atomic mass is 10.0. The van der Waals surface area contributed by atoms with Crippen LogP contribution in [0.5, 0.6) is 0 Å². The number of urea groups is 1. The van der Waals surface area contributed by atoms with Gasteiger partial charge in [0.15, 0.2) is 0 Å². The fourth-order valence-electron chi connectivity index (χ4n) is 3.69. The van der Waals surface area contributed by atoms with E-state index in [1.54, 1.807) is 11.2 Å².